The lowest BCUT2D eigenvalue weighted by Crippen LogP contribution is -1.86. The fraction of sp³-hybridized carbons (Fsp3) is 0.167. The van der Waals surface area contributed by atoms with E-state index in [1.807, 2.05) is 36.4 Å². The Morgan fingerprint density at radius 3 is 1.50 bits per heavy atom. The first kappa shape index (κ1) is 12.7. The highest BCUT2D eigenvalue weighted by Crippen LogP contribution is 2.10. The van der Waals surface area contributed by atoms with E-state index in [9.17, 15) is 4.55 Å². The largest absolute Gasteiger partial charge is 0.617 e. The molecular formula is C12H14N2OS. The van der Waals surface area contributed by atoms with Crippen molar-refractivity contribution in [1.29, 1.82) is 0 Å². The van der Waals surface area contributed by atoms with Crippen LogP contribution in [0.4, 0.5) is 0 Å². The Hall–Kier alpha value is -1.39. The highest BCUT2D eigenvalue weighted by Gasteiger charge is 1.95. The maximum atomic E-state index is 9.56. The fourth-order valence-corrected chi connectivity index (χ4v) is 1.03. The molecule has 2 aromatic rings. The SMILES string of the molecule is C[S+](C)[O-].c1ccc(-c2ccccn2)nc1. The summed E-state index contributed by atoms with van der Waals surface area (Å²) in [4.78, 5) is 8.37. The van der Waals surface area contributed by atoms with E-state index < -0.39 is 11.2 Å². The second-order valence-corrected chi connectivity index (χ2v) is 4.65. The van der Waals surface area contributed by atoms with E-state index in [1.54, 1.807) is 24.9 Å². The maximum absolute atomic E-state index is 9.56. The Kier molecular flexibility index (Phi) is 5.53. The molecule has 0 aromatic carbocycles. The predicted octanol–water partition coefficient (Wildman–Crippen LogP) is 2.14. The van der Waals surface area contributed by atoms with E-state index in [0.29, 0.717) is 0 Å². The molecule has 2 heterocycles. The van der Waals surface area contributed by atoms with Gasteiger partial charge in [-0.2, -0.15) is 0 Å². The van der Waals surface area contributed by atoms with Crippen molar-refractivity contribution in [2.45, 2.75) is 0 Å². The molecule has 0 aliphatic rings. The Morgan fingerprint density at radius 2 is 1.25 bits per heavy atom. The van der Waals surface area contributed by atoms with Gasteiger partial charge in [0.1, 0.15) is 0 Å². The molecule has 2 aromatic heterocycles. The van der Waals surface area contributed by atoms with Gasteiger partial charge in [0.15, 0.2) is 0 Å². The lowest BCUT2D eigenvalue weighted by Gasteiger charge is -1.96. The molecule has 0 atom stereocenters. The van der Waals surface area contributed by atoms with Gasteiger partial charge >= 0.3 is 0 Å². The molecule has 0 saturated carbocycles. The Morgan fingerprint density at radius 1 is 0.875 bits per heavy atom. The summed E-state index contributed by atoms with van der Waals surface area (Å²) in [5.41, 5.74) is 1.83. The zero-order chi connectivity index (χ0) is 11.8. The molecule has 0 amide bonds. The second kappa shape index (κ2) is 6.98. The standard InChI is InChI=1S/C10H8N2.C2H6OS/c1-3-7-11-9(5-1)10-6-2-4-8-12-10;1-4(2)3/h1-8H;1-2H3. The molecule has 0 fully saturated rings. The van der Waals surface area contributed by atoms with Crippen LogP contribution in [0, 0.1) is 0 Å². The highest BCUT2D eigenvalue weighted by molar-refractivity contribution is 7.89. The van der Waals surface area contributed by atoms with Gasteiger partial charge in [-0.1, -0.05) is 23.3 Å². The predicted molar refractivity (Wildman–Crippen MR) is 67.5 cm³/mol. The van der Waals surface area contributed by atoms with Crippen LogP contribution >= 0.6 is 0 Å². The smallest absolute Gasteiger partial charge is 0.0946 e. The molecule has 0 aliphatic heterocycles. The van der Waals surface area contributed by atoms with Crippen LogP contribution in [0.2, 0.25) is 0 Å². The lowest BCUT2D eigenvalue weighted by atomic mass is 10.2. The summed E-state index contributed by atoms with van der Waals surface area (Å²) in [6, 6.07) is 11.6. The molecule has 0 N–H and O–H groups in total. The monoisotopic (exact) mass is 234 g/mol. The third kappa shape index (κ3) is 4.91. The Balaban J connectivity index is 0.000000280. The number of pyridine rings is 2. The van der Waals surface area contributed by atoms with Crippen molar-refractivity contribution in [3.8, 4) is 11.4 Å². The van der Waals surface area contributed by atoms with Gasteiger partial charge in [-0.15, -0.1) is 0 Å². The van der Waals surface area contributed by atoms with Gasteiger partial charge in [0.05, 0.1) is 23.9 Å². The number of hydrogen-bond donors (Lipinski definition) is 0. The normalized spacial score (nSPS) is 9.50. The van der Waals surface area contributed by atoms with Gasteiger partial charge in [-0.3, -0.25) is 9.97 Å². The second-order valence-electron chi connectivity index (χ2n) is 3.17. The summed E-state index contributed by atoms with van der Waals surface area (Å²) in [5, 5.41) is 0. The molecule has 0 bridgehead atoms. The number of rotatable bonds is 1. The minimum Gasteiger partial charge on any atom is -0.617 e. The van der Waals surface area contributed by atoms with Crippen LogP contribution in [0.3, 0.4) is 0 Å². The molecule has 0 saturated heterocycles. The van der Waals surface area contributed by atoms with E-state index in [0.717, 1.165) is 11.4 Å². The molecule has 4 heteroatoms. The summed E-state index contributed by atoms with van der Waals surface area (Å²) in [7, 11) is 0. The van der Waals surface area contributed by atoms with Crippen molar-refractivity contribution >= 4 is 11.2 Å². The summed E-state index contributed by atoms with van der Waals surface area (Å²) >= 11 is -0.611. The highest BCUT2D eigenvalue weighted by atomic mass is 32.2. The van der Waals surface area contributed by atoms with Crippen molar-refractivity contribution < 1.29 is 4.55 Å². The Bertz CT molecular complexity index is 352. The zero-order valence-electron chi connectivity index (χ0n) is 9.33. The average molecular weight is 234 g/mol. The van der Waals surface area contributed by atoms with E-state index in [4.69, 9.17) is 0 Å². The third-order valence-corrected chi connectivity index (χ3v) is 1.59. The van der Waals surface area contributed by atoms with Crippen LogP contribution < -0.4 is 0 Å². The topological polar surface area (TPSA) is 48.8 Å². The van der Waals surface area contributed by atoms with Gasteiger partial charge in [0.2, 0.25) is 0 Å². The van der Waals surface area contributed by atoms with Crippen molar-refractivity contribution in [1.82, 2.24) is 9.97 Å². The Labute approximate surface area is 98.8 Å². The van der Waals surface area contributed by atoms with Crippen LogP contribution in [-0.4, -0.2) is 27.0 Å². The summed E-state index contributed by atoms with van der Waals surface area (Å²) < 4.78 is 9.56. The quantitative estimate of drug-likeness (QED) is 0.710. The fourth-order valence-electron chi connectivity index (χ4n) is 1.03. The molecule has 0 radical (unpaired) electrons. The maximum Gasteiger partial charge on any atom is 0.0946 e. The first-order valence-corrected chi connectivity index (χ1v) is 6.74. The van der Waals surface area contributed by atoms with Crippen LogP contribution in [0.1, 0.15) is 0 Å². The molecule has 3 nitrogen and oxygen atoms in total. The molecular weight excluding hydrogens is 220 g/mol. The van der Waals surface area contributed by atoms with Crippen LogP contribution in [0.15, 0.2) is 48.8 Å². The van der Waals surface area contributed by atoms with E-state index >= 15 is 0 Å². The van der Waals surface area contributed by atoms with Crippen molar-refractivity contribution in [3.05, 3.63) is 48.8 Å². The molecule has 84 valence electrons. The molecule has 0 spiro atoms. The van der Waals surface area contributed by atoms with Gasteiger partial charge in [-0.05, 0) is 24.3 Å². The van der Waals surface area contributed by atoms with Gasteiger partial charge in [0.25, 0.3) is 0 Å². The minimum absolute atomic E-state index is 0.611. The van der Waals surface area contributed by atoms with Gasteiger partial charge in [-0.25, -0.2) is 0 Å². The van der Waals surface area contributed by atoms with Crippen molar-refractivity contribution in [3.63, 3.8) is 0 Å². The number of nitrogens with zero attached hydrogens (tertiary/aromatic N) is 2. The van der Waals surface area contributed by atoms with E-state index in [-0.39, 0.29) is 0 Å². The first-order chi connectivity index (χ1) is 7.70. The zero-order valence-corrected chi connectivity index (χ0v) is 10.1. The van der Waals surface area contributed by atoms with Gasteiger partial charge < -0.3 is 4.55 Å². The first-order valence-electron chi connectivity index (χ1n) is 4.77. The average Bonchev–Trinajstić information content (AvgIpc) is 2.31. The van der Waals surface area contributed by atoms with Gasteiger partial charge in [0, 0.05) is 12.4 Å². The summed E-state index contributed by atoms with van der Waals surface area (Å²) in [6.45, 7) is 0. The third-order valence-electron chi connectivity index (χ3n) is 1.59. The van der Waals surface area contributed by atoms with Crippen molar-refractivity contribution in [2.24, 2.45) is 0 Å². The molecule has 2 rings (SSSR count). The van der Waals surface area contributed by atoms with E-state index in [1.165, 1.54) is 0 Å². The van der Waals surface area contributed by atoms with E-state index in [2.05, 4.69) is 9.97 Å². The minimum atomic E-state index is -0.611. The van der Waals surface area contributed by atoms with Crippen LogP contribution in [-0.2, 0) is 11.2 Å². The molecule has 0 aliphatic carbocycles. The van der Waals surface area contributed by atoms with Crippen LogP contribution in [0.5, 0.6) is 0 Å². The number of aromatic nitrogens is 2. The molecule has 0 unspecified atom stereocenters. The number of hydrogen-bond acceptors (Lipinski definition) is 3. The van der Waals surface area contributed by atoms with Crippen LogP contribution in [0.25, 0.3) is 11.4 Å². The summed E-state index contributed by atoms with van der Waals surface area (Å²) in [5.74, 6) is 0. The lowest BCUT2D eigenvalue weighted by molar-refractivity contribution is 0.606. The van der Waals surface area contributed by atoms with Crippen molar-refractivity contribution in [2.75, 3.05) is 12.5 Å². The summed E-state index contributed by atoms with van der Waals surface area (Å²) in [6.07, 6.45) is 6.81. The molecule has 16 heavy (non-hydrogen) atoms.